The van der Waals surface area contributed by atoms with Gasteiger partial charge in [0, 0.05) is 12.2 Å². The summed E-state index contributed by atoms with van der Waals surface area (Å²) in [5.74, 6) is 0.460. The summed E-state index contributed by atoms with van der Waals surface area (Å²) in [6.45, 7) is 2.74. The Morgan fingerprint density at radius 3 is 2.63 bits per heavy atom. The van der Waals surface area contributed by atoms with E-state index < -0.39 is 0 Å². The molecule has 0 aliphatic carbocycles. The van der Waals surface area contributed by atoms with Crippen LogP contribution in [-0.4, -0.2) is 12.5 Å². The van der Waals surface area contributed by atoms with E-state index in [9.17, 15) is 0 Å². The van der Waals surface area contributed by atoms with Crippen LogP contribution < -0.4 is 11.1 Å². The summed E-state index contributed by atoms with van der Waals surface area (Å²) in [4.78, 5) is 4.33. The summed E-state index contributed by atoms with van der Waals surface area (Å²) in [5, 5.41) is 3.10. The second-order valence-electron chi connectivity index (χ2n) is 4.50. The fourth-order valence-electron chi connectivity index (χ4n) is 1.86. The van der Waals surface area contributed by atoms with Gasteiger partial charge in [-0.05, 0) is 36.6 Å². The predicted octanol–water partition coefficient (Wildman–Crippen LogP) is 2.96. The highest BCUT2D eigenvalue weighted by Gasteiger charge is 1.95. The summed E-state index contributed by atoms with van der Waals surface area (Å²) in [6, 6.07) is 18.3. The van der Waals surface area contributed by atoms with E-state index >= 15 is 0 Å². The van der Waals surface area contributed by atoms with Crippen LogP contribution in [0.1, 0.15) is 11.1 Å². The molecular formula is C16H19N3. The van der Waals surface area contributed by atoms with Crippen molar-refractivity contribution in [1.29, 1.82) is 0 Å². The maximum absolute atomic E-state index is 5.86. The normalized spacial score (nSPS) is 11.3. The third kappa shape index (κ3) is 4.47. The number of guanidine groups is 1. The molecule has 2 rings (SSSR count). The number of nitrogens with zero attached hydrogens (tertiary/aromatic N) is 1. The van der Waals surface area contributed by atoms with Crippen molar-refractivity contribution in [2.75, 3.05) is 11.9 Å². The highest BCUT2D eigenvalue weighted by Crippen LogP contribution is 2.08. The van der Waals surface area contributed by atoms with Gasteiger partial charge in [0.05, 0.1) is 0 Å². The molecule has 0 aliphatic heterocycles. The molecule has 98 valence electrons. The van der Waals surface area contributed by atoms with Gasteiger partial charge in [-0.25, -0.2) is 0 Å². The third-order valence-electron chi connectivity index (χ3n) is 2.82. The van der Waals surface area contributed by atoms with Crippen molar-refractivity contribution in [3.05, 3.63) is 65.7 Å². The lowest BCUT2D eigenvalue weighted by Crippen LogP contribution is -2.23. The van der Waals surface area contributed by atoms with Gasteiger partial charge in [-0.15, -0.1) is 0 Å². The molecule has 3 N–H and O–H groups in total. The van der Waals surface area contributed by atoms with Gasteiger partial charge in [-0.1, -0.05) is 42.5 Å². The standard InChI is InChI=1S/C16H19N3/c1-13-6-5-9-15(12-13)19-16(17)18-11-10-14-7-3-2-4-8-14/h2-9,12H,10-11H2,1H3,(H3,17,18,19). The van der Waals surface area contributed by atoms with E-state index in [0.717, 1.165) is 12.1 Å². The minimum absolute atomic E-state index is 0.460. The van der Waals surface area contributed by atoms with Crippen LogP contribution >= 0.6 is 0 Å². The first-order valence-corrected chi connectivity index (χ1v) is 6.41. The van der Waals surface area contributed by atoms with Gasteiger partial charge < -0.3 is 11.1 Å². The van der Waals surface area contributed by atoms with Crippen LogP contribution in [0, 0.1) is 6.92 Å². The van der Waals surface area contributed by atoms with E-state index in [1.807, 2.05) is 49.4 Å². The maximum atomic E-state index is 5.86. The average Bonchev–Trinajstić information content (AvgIpc) is 2.40. The summed E-state index contributed by atoms with van der Waals surface area (Å²) in [7, 11) is 0. The Morgan fingerprint density at radius 2 is 1.89 bits per heavy atom. The smallest absolute Gasteiger partial charge is 0.193 e. The Morgan fingerprint density at radius 1 is 1.11 bits per heavy atom. The molecule has 0 aliphatic rings. The molecule has 2 aromatic rings. The fourth-order valence-corrected chi connectivity index (χ4v) is 1.86. The van der Waals surface area contributed by atoms with Crippen LogP contribution in [0.15, 0.2) is 59.6 Å². The van der Waals surface area contributed by atoms with E-state index in [4.69, 9.17) is 5.73 Å². The Hall–Kier alpha value is -2.29. The van der Waals surface area contributed by atoms with Crippen molar-refractivity contribution < 1.29 is 0 Å². The molecule has 0 saturated heterocycles. The molecule has 0 bridgehead atoms. The number of hydrogen-bond donors (Lipinski definition) is 2. The Labute approximate surface area is 114 Å². The van der Waals surface area contributed by atoms with Crippen LogP contribution in [0.4, 0.5) is 5.69 Å². The molecule has 0 aromatic heterocycles. The molecule has 0 spiro atoms. The van der Waals surface area contributed by atoms with Gasteiger partial charge in [-0.2, -0.15) is 0 Å². The van der Waals surface area contributed by atoms with E-state index in [-0.39, 0.29) is 0 Å². The summed E-state index contributed by atoms with van der Waals surface area (Å²) < 4.78 is 0. The largest absolute Gasteiger partial charge is 0.370 e. The van der Waals surface area contributed by atoms with Crippen LogP contribution in [0.5, 0.6) is 0 Å². The molecule has 0 amide bonds. The van der Waals surface area contributed by atoms with Crippen LogP contribution in [0.25, 0.3) is 0 Å². The van der Waals surface area contributed by atoms with Crippen LogP contribution in [-0.2, 0) is 6.42 Å². The monoisotopic (exact) mass is 253 g/mol. The Balaban J connectivity index is 1.86. The highest BCUT2D eigenvalue weighted by molar-refractivity contribution is 5.92. The number of rotatable bonds is 4. The molecular weight excluding hydrogens is 234 g/mol. The van der Waals surface area contributed by atoms with E-state index in [2.05, 4.69) is 22.4 Å². The minimum Gasteiger partial charge on any atom is -0.370 e. The molecule has 3 nitrogen and oxygen atoms in total. The Bertz CT molecular complexity index is 547. The lowest BCUT2D eigenvalue weighted by atomic mass is 10.2. The van der Waals surface area contributed by atoms with Crippen molar-refractivity contribution >= 4 is 11.6 Å². The number of aliphatic imine (C=N–C) groups is 1. The molecule has 19 heavy (non-hydrogen) atoms. The van der Waals surface area contributed by atoms with Gasteiger partial charge in [0.15, 0.2) is 5.96 Å². The quantitative estimate of drug-likeness (QED) is 0.650. The molecule has 0 atom stereocenters. The fraction of sp³-hybridized carbons (Fsp3) is 0.188. The van der Waals surface area contributed by atoms with Crippen molar-refractivity contribution in [2.24, 2.45) is 10.7 Å². The number of benzene rings is 2. The Kier molecular flexibility index (Phi) is 4.56. The first-order valence-electron chi connectivity index (χ1n) is 6.41. The van der Waals surface area contributed by atoms with Crippen LogP contribution in [0.2, 0.25) is 0 Å². The van der Waals surface area contributed by atoms with Gasteiger partial charge in [-0.3, -0.25) is 4.99 Å². The zero-order valence-electron chi connectivity index (χ0n) is 11.1. The molecule has 0 fully saturated rings. The molecule has 0 saturated carbocycles. The van der Waals surface area contributed by atoms with E-state index in [1.165, 1.54) is 11.1 Å². The highest BCUT2D eigenvalue weighted by atomic mass is 15.1. The van der Waals surface area contributed by atoms with Crippen molar-refractivity contribution in [3.63, 3.8) is 0 Å². The molecule has 0 radical (unpaired) electrons. The van der Waals surface area contributed by atoms with E-state index in [1.54, 1.807) is 0 Å². The zero-order chi connectivity index (χ0) is 13.5. The average molecular weight is 253 g/mol. The zero-order valence-corrected chi connectivity index (χ0v) is 11.1. The lowest BCUT2D eigenvalue weighted by molar-refractivity contribution is 0.965. The first kappa shape index (κ1) is 13.1. The molecule has 0 unspecified atom stereocenters. The maximum Gasteiger partial charge on any atom is 0.193 e. The minimum atomic E-state index is 0.460. The van der Waals surface area contributed by atoms with Gasteiger partial charge in [0.25, 0.3) is 0 Å². The number of anilines is 1. The first-order chi connectivity index (χ1) is 9.24. The summed E-state index contributed by atoms with van der Waals surface area (Å²) in [5.41, 5.74) is 9.30. The molecule has 3 heteroatoms. The van der Waals surface area contributed by atoms with Gasteiger partial charge in [0.1, 0.15) is 0 Å². The predicted molar refractivity (Wildman–Crippen MR) is 81.4 cm³/mol. The summed E-state index contributed by atoms with van der Waals surface area (Å²) in [6.07, 6.45) is 0.900. The number of nitrogens with one attached hydrogen (secondary N) is 1. The van der Waals surface area contributed by atoms with Gasteiger partial charge in [0.2, 0.25) is 0 Å². The second kappa shape index (κ2) is 6.59. The number of aryl methyl sites for hydroxylation is 1. The topological polar surface area (TPSA) is 50.4 Å². The van der Waals surface area contributed by atoms with Crippen molar-refractivity contribution in [1.82, 2.24) is 0 Å². The SMILES string of the molecule is Cc1cccc(NC(N)=NCCc2ccccc2)c1. The van der Waals surface area contributed by atoms with Crippen molar-refractivity contribution in [3.8, 4) is 0 Å². The lowest BCUT2D eigenvalue weighted by Gasteiger charge is -2.06. The van der Waals surface area contributed by atoms with Crippen molar-refractivity contribution in [2.45, 2.75) is 13.3 Å². The third-order valence-corrected chi connectivity index (χ3v) is 2.82. The number of hydrogen-bond acceptors (Lipinski definition) is 1. The summed E-state index contributed by atoms with van der Waals surface area (Å²) >= 11 is 0. The molecule has 2 aromatic carbocycles. The molecule has 0 heterocycles. The number of nitrogens with two attached hydrogens (primary N) is 1. The van der Waals surface area contributed by atoms with Gasteiger partial charge >= 0.3 is 0 Å². The second-order valence-corrected chi connectivity index (χ2v) is 4.50. The van der Waals surface area contributed by atoms with Crippen LogP contribution in [0.3, 0.4) is 0 Å². The van der Waals surface area contributed by atoms with E-state index in [0.29, 0.717) is 12.5 Å².